The zero-order valence-electron chi connectivity index (χ0n) is 11.5. The Hall–Kier alpha value is -0.990. The van der Waals surface area contributed by atoms with Gasteiger partial charge in [0.2, 0.25) is 0 Å². The highest BCUT2D eigenvalue weighted by atomic mass is 16.7. The van der Waals surface area contributed by atoms with Gasteiger partial charge in [0.15, 0.2) is 0 Å². The molecule has 0 aromatic heterocycles. The monoisotopic (exact) mass is 262 g/mol. The lowest BCUT2D eigenvalue weighted by Gasteiger charge is -2.36. The van der Waals surface area contributed by atoms with E-state index in [1.807, 2.05) is 6.92 Å². The van der Waals surface area contributed by atoms with Gasteiger partial charge in [0.1, 0.15) is 0 Å². The summed E-state index contributed by atoms with van der Waals surface area (Å²) in [6, 6.07) is 0. The zero-order chi connectivity index (χ0) is 13.0. The summed E-state index contributed by atoms with van der Waals surface area (Å²) in [7, 11) is 0. The van der Waals surface area contributed by atoms with Gasteiger partial charge in [-0.3, -0.25) is 0 Å². The van der Waals surface area contributed by atoms with Crippen LogP contribution < -0.4 is 0 Å². The average molecular weight is 262 g/mol. The molecule has 3 fully saturated rings. The molecule has 0 N–H and O–H groups in total. The van der Waals surface area contributed by atoms with Crippen molar-refractivity contribution in [1.29, 1.82) is 0 Å². The Labute approximate surface area is 114 Å². The molecule has 19 heavy (non-hydrogen) atoms. The number of carbonyl (C=O) groups is 1. The second-order valence-electron chi connectivity index (χ2n) is 6.75. The van der Waals surface area contributed by atoms with Crippen LogP contribution in [0.4, 0.5) is 4.79 Å². The Morgan fingerprint density at radius 2 is 1.89 bits per heavy atom. The number of hydrogen-bond acceptors (Lipinski definition) is 3. The molecular formula is C16H22O3. The molecule has 0 spiro atoms. The molecule has 0 aliphatic heterocycles. The van der Waals surface area contributed by atoms with Crippen molar-refractivity contribution in [2.75, 3.05) is 13.2 Å². The van der Waals surface area contributed by atoms with Gasteiger partial charge in [0, 0.05) is 0 Å². The summed E-state index contributed by atoms with van der Waals surface area (Å²) in [5.41, 5.74) is 0. The first-order chi connectivity index (χ1) is 9.28. The topological polar surface area (TPSA) is 35.5 Å². The van der Waals surface area contributed by atoms with E-state index >= 15 is 0 Å². The smallest absolute Gasteiger partial charge is 0.435 e. The van der Waals surface area contributed by atoms with Crippen molar-refractivity contribution in [2.45, 2.75) is 26.2 Å². The van der Waals surface area contributed by atoms with E-state index in [0.717, 1.165) is 35.5 Å². The standard InChI is InChI=1S/C16H22O3/c1-2-18-16(17)19-8-12-6-11-7-13(12)15-10-4-3-9(5-10)14(11)15/h3-4,9-15H,2,5-8H2,1H3. The normalized spacial score (nSPS) is 48.6. The van der Waals surface area contributed by atoms with E-state index in [2.05, 4.69) is 12.2 Å². The first-order valence-electron chi connectivity index (χ1n) is 7.75. The summed E-state index contributed by atoms with van der Waals surface area (Å²) < 4.78 is 10.1. The maximum atomic E-state index is 11.3. The van der Waals surface area contributed by atoms with Crippen LogP contribution in [-0.4, -0.2) is 19.4 Å². The highest BCUT2D eigenvalue weighted by molar-refractivity contribution is 5.59. The van der Waals surface area contributed by atoms with E-state index in [1.54, 1.807) is 0 Å². The largest absolute Gasteiger partial charge is 0.508 e. The summed E-state index contributed by atoms with van der Waals surface area (Å²) in [6.45, 7) is 2.78. The Bertz CT molecular complexity index is 416. The average Bonchev–Trinajstić information content (AvgIpc) is 3.14. The van der Waals surface area contributed by atoms with Gasteiger partial charge in [-0.15, -0.1) is 0 Å². The Kier molecular flexibility index (Phi) is 2.64. The van der Waals surface area contributed by atoms with E-state index in [9.17, 15) is 4.79 Å². The van der Waals surface area contributed by atoms with Crippen molar-refractivity contribution >= 4 is 6.16 Å². The van der Waals surface area contributed by atoms with Crippen LogP contribution in [0.25, 0.3) is 0 Å². The summed E-state index contributed by atoms with van der Waals surface area (Å²) in [5, 5.41) is 0. The van der Waals surface area contributed by atoms with Crippen LogP contribution in [0, 0.1) is 41.4 Å². The third-order valence-corrected chi connectivity index (χ3v) is 6.09. The van der Waals surface area contributed by atoms with Crippen molar-refractivity contribution < 1.29 is 14.3 Å². The van der Waals surface area contributed by atoms with Gasteiger partial charge in [-0.2, -0.15) is 0 Å². The van der Waals surface area contributed by atoms with Crippen molar-refractivity contribution in [2.24, 2.45) is 41.4 Å². The number of allylic oxidation sites excluding steroid dienone is 2. The predicted molar refractivity (Wildman–Crippen MR) is 70.4 cm³/mol. The van der Waals surface area contributed by atoms with Crippen LogP contribution in [0.15, 0.2) is 12.2 Å². The molecule has 7 atom stereocenters. The fourth-order valence-corrected chi connectivity index (χ4v) is 5.68. The number of carbonyl (C=O) groups excluding carboxylic acids is 1. The van der Waals surface area contributed by atoms with Crippen LogP contribution in [0.3, 0.4) is 0 Å². The van der Waals surface area contributed by atoms with Crippen molar-refractivity contribution in [3.8, 4) is 0 Å². The Morgan fingerprint density at radius 3 is 2.68 bits per heavy atom. The van der Waals surface area contributed by atoms with Crippen molar-refractivity contribution in [3.05, 3.63) is 12.2 Å². The molecule has 0 radical (unpaired) electrons. The van der Waals surface area contributed by atoms with Crippen LogP contribution in [0.1, 0.15) is 26.2 Å². The lowest BCUT2D eigenvalue weighted by molar-refractivity contribution is 0.0278. The summed E-state index contributed by atoms with van der Waals surface area (Å²) >= 11 is 0. The first kappa shape index (κ1) is 11.8. The molecule has 104 valence electrons. The lowest BCUT2D eigenvalue weighted by atomic mass is 9.69. The third-order valence-electron chi connectivity index (χ3n) is 6.09. The van der Waals surface area contributed by atoms with Gasteiger partial charge in [0.05, 0.1) is 13.2 Å². The molecule has 3 saturated carbocycles. The van der Waals surface area contributed by atoms with Gasteiger partial charge >= 0.3 is 6.16 Å². The molecule has 0 saturated heterocycles. The van der Waals surface area contributed by atoms with Gasteiger partial charge < -0.3 is 9.47 Å². The fraction of sp³-hybridized carbons (Fsp3) is 0.812. The molecule has 7 unspecified atom stereocenters. The number of fused-ring (bicyclic) bond motifs is 9. The molecule has 0 amide bonds. The summed E-state index contributed by atoms with van der Waals surface area (Å²) in [6.07, 6.45) is 8.47. The Balaban J connectivity index is 1.40. The molecule has 3 heteroatoms. The molecule has 4 bridgehead atoms. The van der Waals surface area contributed by atoms with Crippen molar-refractivity contribution in [3.63, 3.8) is 0 Å². The maximum absolute atomic E-state index is 11.3. The predicted octanol–water partition coefficient (Wildman–Crippen LogP) is 3.25. The molecule has 0 heterocycles. The van der Waals surface area contributed by atoms with Crippen LogP contribution >= 0.6 is 0 Å². The minimum atomic E-state index is -0.491. The molecular weight excluding hydrogens is 240 g/mol. The number of ether oxygens (including phenoxy) is 2. The third kappa shape index (κ3) is 1.66. The minimum absolute atomic E-state index is 0.398. The lowest BCUT2D eigenvalue weighted by Crippen LogP contribution is -2.33. The minimum Gasteiger partial charge on any atom is -0.435 e. The summed E-state index contributed by atoms with van der Waals surface area (Å²) in [5.74, 6) is 5.83. The van der Waals surface area contributed by atoms with Crippen LogP contribution in [-0.2, 0) is 9.47 Å². The molecule has 0 aromatic carbocycles. The molecule has 4 aliphatic carbocycles. The maximum Gasteiger partial charge on any atom is 0.508 e. The number of rotatable bonds is 3. The zero-order valence-corrected chi connectivity index (χ0v) is 11.5. The first-order valence-corrected chi connectivity index (χ1v) is 7.75. The van der Waals surface area contributed by atoms with Gasteiger partial charge in [-0.05, 0) is 67.6 Å². The second-order valence-corrected chi connectivity index (χ2v) is 6.75. The van der Waals surface area contributed by atoms with E-state index in [1.165, 1.54) is 19.3 Å². The van der Waals surface area contributed by atoms with Crippen LogP contribution in [0.5, 0.6) is 0 Å². The van der Waals surface area contributed by atoms with Gasteiger partial charge in [-0.25, -0.2) is 4.79 Å². The van der Waals surface area contributed by atoms with E-state index < -0.39 is 6.16 Å². The van der Waals surface area contributed by atoms with E-state index in [4.69, 9.17) is 9.47 Å². The second kappa shape index (κ2) is 4.26. The molecule has 4 rings (SSSR count). The Morgan fingerprint density at radius 1 is 1.11 bits per heavy atom. The molecule has 3 nitrogen and oxygen atoms in total. The van der Waals surface area contributed by atoms with E-state index in [0.29, 0.717) is 19.1 Å². The summed E-state index contributed by atoms with van der Waals surface area (Å²) in [4.78, 5) is 11.3. The van der Waals surface area contributed by atoms with Crippen LogP contribution in [0.2, 0.25) is 0 Å². The van der Waals surface area contributed by atoms with Gasteiger partial charge in [-0.1, -0.05) is 12.2 Å². The molecule has 0 aromatic rings. The SMILES string of the molecule is CCOC(=O)OCC1CC2CC1C1C3C=CC(C3)C21. The highest BCUT2D eigenvalue weighted by Crippen LogP contribution is 2.66. The van der Waals surface area contributed by atoms with Crippen molar-refractivity contribution in [1.82, 2.24) is 0 Å². The quantitative estimate of drug-likeness (QED) is 0.445. The molecule has 4 aliphatic rings. The number of hydrogen-bond donors (Lipinski definition) is 0. The van der Waals surface area contributed by atoms with Gasteiger partial charge in [0.25, 0.3) is 0 Å². The fourth-order valence-electron chi connectivity index (χ4n) is 5.68. The van der Waals surface area contributed by atoms with E-state index in [-0.39, 0.29) is 0 Å². The highest BCUT2D eigenvalue weighted by Gasteiger charge is 2.60.